The number of halogens is 1. The van der Waals surface area contributed by atoms with Crippen molar-refractivity contribution in [1.82, 2.24) is 4.90 Å². The van der Waals surface area contributed by atoms with Gasteiger partial charge in [0.25, 0.3) is 0 Å². The summed E-state index contributed by atoms with van der Waals surface area (Å²) in [6.07, 6.45) is 10.8. The number of fused-ring (bicyclic) bond motifs is 5. The molecule has 4 aliphatic rings. The van der Waals surface area contributed by atoms with Crippen LogP contribution < -0.4 is 0 Å². The van der Waals surface area contributed by atoms with Crippen LogP contribution in [-0.2, 0) is 4.79 Å². The van der Waals surface area contributed by atoms with Gasteiger partial charge in [0.15, 0.2) is 0 Å². The number of rotatable bonds is 0. The molecule has 0 aromatic heterocycles. The molecule has 0 aromatic carbocycles. The highest BCUT2D eigenvalue weighted by Crippen LogP contribution is 2.65. The molecule has 0 aromatic rings. The third-order valence-electron chi connectivity index (χ3n) is 8.04. The third kappa shape index (κ3) is 1.81. The topological polar surface area (TPSA) is 20.3 Å². The van der Waals surface area contributed by atoms with Crippen LogP contribution >= 0.6 is 15.9 Å². The van der Waals surface area contributed by atoms with E-state index in [1.54, 1.807) is 0 Å². The zero-order valence-electron chi connectivity index (χ0n) is 14.1. The smallest absolute Gasteiger partial charge is 0.222 e. The molecule has 3 heteroatoms. The van der Waals surface area contributed by atoms with Crippen molar-refractivity contribution in [2.24, 2.45) is 28.6 Å². The fraction of sp³-hybridized carbons (Fsp3) is 0.842. The monoisotopic (exact) mass is 365 g/mol. The van der Waals surface area contributed by atoms with Crippen LogP contribution in [0.1, 0.15) is 58.8 Å². The van der Waals surface area contributed by atoms with Crippen LogP contribution in [-0.4, -0.2) is 23.9 Å². The maximum atomic E-state index is 12.1. The molecule has 0 bridgehead atoms. The van der Waals surface area contributed by atoms with Gasteiger partial charge < -0.3 is 4.90 Å². The number of carbonyl (C=O) groups is 1. The molecule has 2 saturated carbocycles. The zero-order valence-corrected chi connectivity index (χ0v) is 15.7. The van der Waals surface area contributed by atoms with E-state index in [-0.39, 0.29) is 0 Å². The van der Waals surface area contributed by atoms with Crippen molar-refractivity contribution in [3.63, 3.8) is 0 Å². The lowest BCUT2D eigenvalue weighted by molar-refractivity contribution is -0.156. The Balaban J connectivity index is 1.66. The van der Waals surface area contributed by atoms with Crippen molar-refractivity contribution >= 4 is 21.8 Å². The first kappa shape index (κ1) is 15.2. The maximum Gasteiger partial charge on any atom is 0.222 e. The van der Waals surface area contributed by atoms with Crippen LogP contribution in [0, 0.1) is 28.6 Å². The summed E-state index contributed by atoms with van der Waals surface area (Å²) in [6, 6.07) is 0.483. The summed E-state index contributed by atoms with van der Waals surface area (Å²) in [5.74, 6) is 2.85. The minimum atomic E-state index is 0.349. The molecule has 0 unspecified atom stereocenters. The Bertz CT molecular complexity index is 544. The molecule has 3 fully saturated rings. The molecule has 0 radical (unpaired) electrons. The van der Waals surface area contributed by atoms with Crippen molar-refractivity contribution < 1.29 is 4.79 Å². The second-order valence-electron chi connectivity index (χ2n) is 8.72. The Labute approximate surface area is 142 Å². The number of amides is 1. The highest BCUT2D eigenvalue weighted by molar-refractivity contribution is 9.11. The largest absolute Gasteiger partial charge is 0.342 e. The van der Waals surface area contributed by atoms with E-state index in [1.165, 1.54) is 36.6 Å². The van der Waals surface area contributed by atoms with E-state index in [2.05, 4.69) is 40.8 Å². The zero-order chi connectivity index (χ0) is 15.7. The van der Waals surface area contributed by atoms with Gasteiger partial charge in [-0.15, -0.1) is 0 Å². The van der Waals surface area contributed by atoms with Gasteiger partial charge in [0.1, 0.15) is 0 Å². The molecule has 0 N–H and O–H groups in total. The molecular weight excluding hydrogens is 338 g/mol. The van der Waals surface area contributed by atoms with Gasteiger partial charge in [-0.2, -0.15) is 0 Å². The molecule has 2 nitrogen and oxygen atoms in total. The lowest BCUT2D eigenvalue weighted by Crippen LogP contribution is -2.61. The van der Waals surface area contributed by atoms with Crippen LogP contribution in [0.25, 0.3) is 0 Å². The number of piperidine rings is 1. The van der Waals surface area contributed by atoms with Gasteiger partial charge in [0, 0.05) is 24.9 Å². The van der Waals surface area contributed by atoms with Crippen LogP contribution in [0.2, 0.25) is 0 Å². The number of nitrogens with zero attached hydrogens (tertiary/aromatic N) is 1. The Morgan fingerprint density at radius 2 is 1.95 bits per heavy atom. The third-order valence-corrected chi connectivity index (χ3v) is 9.27. The van der Waals surface area contributed by atoms with E-state index >= 15 is 0 Å². The first-order valence-corrected chi connectivity index (χ1v) is 9.79. The Kier molecular flexibility index (Phi) is 3.35. The minimum Gasteiger partial charge on any atom is -0.342 e. The molecule has 1 amide bonds. The summed E-state index contributed by atoms with van der Waals surface area (Å²) in [5, 5.41) is 0. The standard InChI is InChI=1S/C19H28BrNO/c1-18-10-8-14-12(13(18)5-6-15(18)20)4-7-16-19(14,2)11-9-17(22)21(16)3/h6,12-14,16H,4-5,7-11H2,1-3H3/t12-,13-,14-,16+,18-,19+/m0/s1. The fourth-order valence-electron chi connectivity index (χ4n) is 6.67. The number of carbonyl (C=O) groups excluding carboxylic acids is 1. The van der Waals surface area contributed by atoms with Crippen molar-refractivity contribution in [3.8, 4) is 0 Å². The van der Waals surface area contributed by atoms with Gasteiger partial charge in [-0.25, -0.2) is 0 Å². The van der Waals surface area contributed by atoms with Crippen molar-refractivity contribution in [3.05, 3.63) is 10.6 Å². The van der Waals surface area contributed by atoms with E-state index in [9.17, 15) is 4.79 Å². The van der Waals surface area contributed by atoms with Crippen molar-refractivity contribution in [2.45, 2.75) is 64.8 Å². The van der Waals surface area contributed by atoms with Crippen molar-refractivity contribution in [1.29, 1.82) is 0 Å². The van der Waals surface area contributed by atoms with Crippen LogP contribution in [0.15, 0.2) is 10.6 Å². The second kappa shape index (κ2) is 4.84. The average Bonchev–Trinajstić information content (AvgIpc) is 2.79. The molecule has 122 valence electrons. The van der Waals surface area contributed by atoms with E-state index in [4.69, 9.17) is 0 Å². The number of likely N-dealkylation sites (tertiary alicyclic amines) is 1. The summed E-state index contributed by atoms with van der Waals surface area (Å²) >= 11 is 3.86. The van der Waals surface area contributed by atoms with Gasteiger partial charge in [-0.05, 0) is 66.2 Å². The molecule has 22 heavy (non-hydrogen) atoms. The van der Waals surface area contributed by atoms with Crippen molar-refractivity contribution in [2.75, 3.05) is 7.05 Å². The van der Waals surface area contributed by atoms with E-state index in [1.807, 2.05) is 7.05 Å². The Morgan fingerprint density at radius 3 is 2.73 bits per heavy atom. The summed E-state index contributed by atoms with van der Waals surface area (Å²) in [6.45, 7) is 4.98. The lowest BCUT2D eigenvalue weighted by Gasteiger charge is -2.61. The molecule has 1 saturated heterocycles. The molecule has 6 atom stereocenters. The van der Waals surface area contributed by atoms with E-state index < -0.39 is 0 Å². The average molecular weight is 366 g/mol. The van der Waals surface area contributed by atoms with Gasteiger partial charge >= 0.3 is 0 Å². The van der Waals surface area contributed by atoms with Gasteiger partial charge in [-0.1, -0.05) is 35.9 Å². The number of hydrogen-bond acceptors (Lipinski definition) is 1. The van der Waals surface area contributed by atoms with E-state index in [0.29, 0.717) is 22.8 Å². The second-order valence-corrected chi connectivity index (χ2v) is 9.58. The highest BCUT2D eigenvalue weighted by atomic mass is 79.9. The molecule has 1 aliphatic heterocycles. The van der Waals surface area contributed by atoms with E-state index in [0.717, 1.165) is 30.6 Å². The summed E-state index contributed by atoms with van der Waals surface area (Å²) in [7, 11) is 2.05. The highest BCUT2D eigenvalue weighted by Gasteiger charge is 2.59. The minimum absolute atomic E-state index is 0.349. The molecule has 4 rings (SSSR count). The Morgan fingerprint density at radius 1 is 1.18 bits per heavy atom. The van der Waals surface area contributed by atoms with Gasteiger partial charge in [0.05, 0.1) is 0 Å². The summed E-state index contributed by atoms with van der Waals surface area (Å²) in [5.41, 5.74) is 0.739. The lowest BCUT2D eigenvalue weighted by atomic mass is 9.47. The van der Waals surface area contributed by atoms with Crippen LogP contribution in [0.5, 0.6) is 0 Å². The summed E-state index contributed by atoms with van der Waals surface area (Å²) < 4.78 is 1.46. The fourth-order valence-corrected chi connectivity index (χ4v) is 7.34. The SMILES string of the molecule is CN1C(=O)CC[C@]2(C)[C@H]3CC[C@]4(C)C(Br)=CC[C@H]4[C@@H]3CC[C@@H]12. The predicted molar refractivity (Wildman–Crippen MR) is 92.6 cm³/mol. The molecule has 0 spiro atoms. The van der Waals surface area contributed by atoms with Gasteiger partial charge in [-0.3, -0.25) is 4.79 Å². The Hall–Kier alpha value is -0.310. The van der Waals surface area contributed by atoms with Crippen LogP contribution in [0.3, 0.4) is 0 Å². The van der Waals surface area contributed by atoms with Gasteiger partial charge in [0.2, 0.25) is 5.91 Å². The predicted octanol–water partition coefficient (Wildman–Crippen LogP) is 4.74. The number of hydrogen-bond donors (Lipinski definition) is 0. The molecule has 1 heterocycles. The first-order chi connectivity index (χ1) is 10.4. The number of allylic oxidation sites excluding steroid dienone is 2. The molecule has 3 aliphatic carbocycles. The molecular formula is C19H28BrNO. The maximum absolute atomic E-state index is 12.1. The first-order valence-electron chi connectivity index (χ1n) is 9.00. The van der Waals surface area contributed by atoms with Crippen LogP contribution in [0.4, 0.5) is 0 Å². The summed E-state index contributed by atoms with van der Waals surface area (Å²) in [4.78, 5) is 14.2. The normalized spacial score (nSPS) is 51.0. The quantitative estimate of drug-likeness (QED) is 0.607.